The van der Waals surface area contributed by atoms with Crippen LogP contribution in [0.2, 0.25) is 0 Å². The molecule has 3 aromatic rings. The first kappa shape index (κ1) is 21.1. The summed E-state index contributed by atoms with van der Waals surface area (Å²) in [5.41, 5.74) is 1.24. The number of hydrogen-bond acceptors (Lipinski definition) is 5. The fourth-order valence-corrected chi connectivity index (χ4v) is 6.11. The molecule has 152 valence electrons. The van der Waals surface area contributed by atoms with Crippen LogP contribution in [0.3, 0.4) is 0 Å². The molecule has 3 rings (SSSR count). The number of phenolic OH excluding ortho intramolecular Hbond substituents is 1. The lowest BCUT2D eigenvalue weighted by atomic mass is 10.0. The van der Waals surface area contributed by atoms with E-state index in [1.807, 2.05) is 6.92 Å². The minimum Gasteiger partial charge on any atom is -0.507 e. The monoisotopic (exact) mass is 430 g/mol. The quantitative estimate of drug-likeness (QED) is 0.644. The van der Waals surface area contributed by atoms with E-state index in [4.69, 9.17) is 0 Å². The molecule has 0 fully saturated rings. The first-order valence-electron chi connectivity index (χ1n) is 9.04. The molecule has 0 spiro atoms. The van der Waals surface area contributed by atoms with Crippen molar-refractivity contribution in [1.29, 1.82) is 0 Å². The molecule has 1 N–H and O–H groups in total. The number of aromatic hydroxyl groups is 1. The predicted molar refractivity (Wildman–Crippen MR) is 111 cm³/mol. The maximum Gasteiger partial charge on any atom is 0.210 e. The lowest BCUT2D eigenvalue weighted by molar-refractivity contribution is 0.456. The Morgan fingerprint density at radius 2 is 1.24 bits per heavy atom. The number of hydrogen-bond donors (Lipinski definition) is 1. The van der Waals surface area contributed by atoms with Gasteiger partial charge in [0.2, 0.25) is 19.7 Å². The van der Waals surface area contributed by atoms with Crippen LogP contribution in [0.5, 0.6) is 5.75 Å². The highest BCUT2D eigenvalue weighted by molar-refractivity contribution is 7.92. The Hall–Kier alpha value is -2.64. The number of aryl methyl sites for hydroxylation is 1. The molecule has 0 aliphatic rings. The Morgan fingerprint density at radius 1 is 0.724 bits per heavy atom. The molecular formula is C22H22O5S2. The molecule has 0 bridgehead atoms. The highest BCUT2D eigenvalue weighted by Gasteiger charge is 2.29. The Kier molecular flexibility index (Phi) is 5.56. The minimum absolute atomic E-state index is 0.0150. The van der Waals surface area contributed by atoms with E-state index in [1.165, 1.54) is 30.3 Å². The third-order valence-electron chi connectivity index (χ3n) is 4.68. The first-order chi connectivity index (χ1) is 13.5. The van der Waals surface area contributed by atoms with Crippen LogP contribution < -0.4 is 0 Å². The van der Waals surface area contributed by atoms with Crippen molar-refractivity contribution in [3.05, 3.63) is 77.9 Å². The third-order valence-corrected chi connectivity index (χ3v) is 8.30. The number of rotatable bonds is 5. The van der Waals surface area contributed by atoms with Gasteiger partial charge in [0.15, 0.2) is 0 Å². The largest absolute Gasteiger partial charge is 0.507 e. The smallest absolute Gasteiger partial charge is 0.210 e. The van der Waals surface area contributed by atoms with Gasteiger partial charge in [0.1, 0.15) is 10.6 Å². The fraction of sp³-hybridized carbons (Fsp3) is 0.182. The van der Waals surface area contributed by atoms with Gasteiger partial charge in [0.05, 0.1) is 14.7 Å². The van der Waals surface area contributed by atoms with Crippen LogP contribution in [0.4, 0.5) is 0 Å². The van der Waals surface area contributed by atoms with Gasteiger partial charge in [0.25, 0.3) is 0 Å². The lowest BCUT2D eigenvalue weighted by Gasteiger charge is -2.17. The Labute approximate surface area is 171 Å². The molecule has 0 heterocycles. The average molecular weight is 431 g/mol. The summed E-state index contributed by atoms with van der Waals surface area (Å²) in [5, 5.41) is 10.5. The zero-order chi connectivity index (χ0) is 21.4. The maximum atomic E-state index is 13.3. The molecule has 0 saturated carbocycles. The SMILES string of the molecule is Cc1ccc(S(=O)(=O)c2cc(S(=O)(=O)c3ccccc3)c(C(C)C)cc2O)cc1. The third kappa shape index (κ3) is 3.93. The van der Waals surface area contributed by atoms with Crippen molar-refractivity contribution in [2.24, 2.45) is 0 Å². The zero-order valence-corrected chi connectivity index (χ0v) is 18.0. The van der Waals surface area contributed by atoms with Crippen LogP contribution in [-0.2, 0) is 19.7 Å². The van der Waals surface area contributed by atoms with Gasteiger partial charge in [-0.3, -0.25) is 0 Å². The van der Waals surface area contributed by atoms with E-state index in [0.717, 1.165) is 11.6 Å². The van der Waals surface area contributed by atoms with Crippen molar-refractivity contribution >= 4 is 19.7 Å². The normalized spacial score (nSPS) is 12.3. The van der Waals surface area contributed by atoms with Crippen LogP contribution >= 0.6 is 0 Å². The van der Waals surface area contributed by atoms with Crippen molar-refractivity contribution < 1.29 is 21.9 Å². The van der Waals surface area contributed by atoms with E-state index in [1.54, 1.807) is 44.2 Å². The van der Waals surface area contributed by atoms with E-state index in [9.17, 15) is 21.9 Å². The summed E-state index contributed by atoms with van der Waals surface area (Å²) < 4.78 is 52.7. The molecule has 3 aromatic carbocycles. The molecule has 0 aliphatic heterocycles. The van der Waals surface area contributed by atoms with Crippen LogP contribution in [0.1, 0.15) is 30.9 Å². The molecule has 0 atom stereocenters. The second-order valence-corrected chi connectivity index (χ2v) is 11.0. The van der Waals surface area contributed by atoms with Crippen LogP contribution in [0.15, 0.2) is 86.3 Å². The van der Waals surface area contributed by atoms with Crippen molar-refractivity contribution in [2.45, 2.75) is 46.3 Å². The summed E-state index contributed by atoms with van der Waals surface area (Å²) in [5.74, 6) is -0.716. The van der Waals surface area contributed by atoms with E-state index >= 15 is 0 Å². The second kappa shape index (κ2) is 7.65. The van der Waals surface area contributed by atoms with Gasteiger partial charge < -0.3 is 5.11 Å². The van der Waals surface area contributed by atoms with E-state index in [0.29, 0.717) is 5.56 Å². The minimum atomic E-state index is -4.11. The molecule has 0 radical (unpaired) electrons. The molecule has 0 amide bonds. The van der Waals surface area contributed by atoms with Crippen LogP contribution in [-0.4, -0.2) is 21.9 Å². The number of sulfone groups is 2. The van der Waals surface area contributed by atoms with E-state index in [2.05, 4.69) is 0 Å². The van der Waals surface area contributed by atoms with Crippen LogP contribution in [0.25, 0.3) is 0 Å². The Morgan fingerprint density at radius 3 is 1.79 bits per heavy atom. The number of benzene rings is 3. The maximum absolute atomic E-state index is 13.3. The molecule has 5 nitrogen and oxygen atoms in total. The molecule has 0 aliphatic carbocycles. The van der Waals surface area contributed by atoms with Gasteiger partial charge in [-0.25, -0.2) is 16.8 Å². The summed E-state index contributed by atoms with van der Waals surface area (Å²) in [7, 11) is -8.09. The zero-order valence-electron chi connectivity index (χ0n) is 16.3. The van der Waals surface area contributed by atoms with Crippen molar-refractivity contribution in [1.82, 2.24) is 0 Å². The number of phenols is 1. The van der Waals surface area contributed by atoms with Gasteiger partial charge in [-0.05, 0) is 54.8 Å². The second-order valence-electron chi connectivity index (χ2n) is 7.15. The van der Waals surface area contributed by atoms with E-state index in [-0.39, 0.29) is 20.6 Å². The molecular weight excluding hydrogens is 408 g/mol. The highest BCUT2D eigenvalue weighted by atomic mass is 32.2. The average Bonchev–Trinajstić information content (AvgIpc) is 2.68. The van der Waals surface area contributed by atoms with E-state index < -0.39 is 30.3 Å². The predicted octanol–water partition coefficient (Wildman–Crippen LogP) is 4.49. The Balaban J connectivity index is 2.29. The van der Waals surface area contributed by atoms with Gasteiger partial charge in [-0.1, -0.05) is 49.7 Å². The molecule has 0 saturated heterocycles. The topological polar surface area (TPSA) is 88.5 Å². The highest BCUT2D eigenvalue weighted by Crippen LogP contribution is 2.37. The lowest BCUT2D eigenvalue weighted by Crippen LogP contribution is -2.10. The first-order valence-corrected chi connectivity index (χ1v) is 12.0. The summed E-state index contributed by atoms with van der Waals surface area (Å²) in [4.78, 5) is -0.507. The molecule has 29 heavy (non-hydrogen) atoms. The summed E-state index contributed by atoms with van der Waals surface area (Å²) in [6.45, 7) is 5.40. The van der Waals surface area contributed by atoms with Gasteiger partial charge in [-0.2, -0.15) is 0 Å². The Bertz CT molecular complexity index is 1240. The molecule has 0 unspecified atom stereocenters. The van der Waals surface area contributed by atoms with Gasteiger partial charge in [-0.15, -0.1) is 0 Å². The fourth-order valence-electron chi connectivity index (χ4n) is 3.04. The van der Waals surface area contributed by atoms with Crippen molar-refractivity contribution in [2.75, 3.05) is 0 Å². The van der Waals surface area contributed by atoms with Crippen LogP contribution in [0, 0.1) is 6.92 Å². The van der Waals surface area contributed by atoms with Crippen molar-refractivity contribution in [3.8, 4) is 5.75 Å². The summed E-state index contributed by atoms with van der Waals surface area (Å²) in [6, 6.07) is 16.3. The van der Waals surface area contributed by atoms with Gasteiger partial charge >= 0.3 is 0 Å². The summed E-state index contributed by atoms with van der Waals surface area (Å²) >= 11 is 0. The standard InChI is InChI=1S/C22H22O5S2/c1-15(2)19-13-20(23)22(29(26,27)18-11-9-16(3)10-12-18)14-21(19)28(24,25)17-7-5-4-6-8-17/h4-15,23H,1-3H3. The van der Waals surface area contributed by atoms with Gasteiger partial charge in [0, 0.05) is 0 Å². The molecule has 0 aromatic heterocycles. The molecule has 7 heteroatoms. The summed E-state index contributed by atoms with van der Waals surface area (Å²) in [6.07, 6.45) is 0. The van der Waals surface area contributed by atoms with Crippen molar-refractivity contribution in [3.63, 3.8) is 0 Å².